The van der Waals surface area contributed by atoms with Crippen molar-refractivity contribution >= 4 is 34.2 Å². The number of rotatable bonds is 10. The number of piperidine rings is 1. The summed E-state index contributed by atoms with van der Waals surface area (Å²) in [6.07, 6.45) is 4.34. The molecular weight excluding hydrogens is 507 g/mol. The van der Waals surface area contributed by atoms with Gasteiger partial charge in [0.2, 0.25) is 0 Å². The van der Waals surface area contributed by atoms with Crippen molar-refractivity contribution in [2.24, 2.45) is 5.41 Å². The third kappa shape index (κ3) is 6.10. The quantitative estimate of drug-likeness (QED) is 0.314. The number of fused-ring (bicyclic) bond motifs is 1. The molecule has 0 amide bonds. The first kappa shape index (κ1) is 27.0. The molecule has 10 heteroatoms. The average molecular weight is 536 g/mol. The molecule has 0 aliphatic carbocycles. The van der Waals surface area contributed by atoms with Crippen molar-refractivity contribution in [3.63, 3.8) is 0 Å². The topological polar surface area (TPSA) is 74.7 Å². The van der Waals surface area contributed by atoms with Gasteiger partial charge in [-0.15, -0.1) is 0 Å². The summed E-state index contributed by atoms with van der Waals surface area (Å²) in [6.45, 7) is 1.89. The maximum Gasteiger partial charge on any atom is 0.309 e. The number of halogens is 4. The van der Waals surface area contributed by atoms with Crippen molar-refractivity contribution in [3.05, 3.63) is 64.6 Å². The van der Waals surface area contributed by atoms with Crippen LogP contribution < -0.4 is 10.1 Å². The van der Waals surface area contributed by atoms with Gasteiger partial charge in [-0.25, -0.2) is 13.2 Å². The number of ether oxygens (including phenoxy) is 1. The highest BCUT2D eigenvalue weighted by Gasteiger charge is 2.40. The predicted molar refractivity (Wildman–Crippen MR) is 137 cm³/mol. The number of carbonyl (C=O) groups is 1. The van der Waals surface area contributed by atoms with Gasteiger partial charge in [-0.05, 0) is 69.0 Å². The zero-order chi connectivity index (χ0) is 26.6. The lowest BCUT2D eigenvalue weighted by Gasteiger charge is -2.39. The van der Waals surface area contributed by atoms with Crippen molar-refractivity contribution in [1.82, 2.24) is 9.88 Å². The van der Waals surface area contributed by atoms with E-state index < -0.39 is 28.8 Å². The third-order valence-corrected chi connectivity index (χ3v) is 7.55. The van der Waals surface area contributed by atoms with Crippen molar-refractivity contribution in [2.45, 2.75) is 32.1 Å². The van der Waals surface area contributed by atoms with Crippen LogP contribution in [0.15, 0.2) is 36.5 Å². The fourth-order valence-electron chi connectivity index (χ4n) is 5.00. The average Bonchev–Trinajstić information content (AvgIpc) is 2.88. The molecule has 0 saturated carbocycles. The molecule has 6 nitrogen and oxygen atoms in total. The summed E-state index contributed by atoms with van der Waals surface area (Å²) < 4.78 is 45.9. The van der Waals surface area contributed by atoms with Gasteiger partial charge in [0.05, 0.1) is 28.8 Å². The van der Waals surface area contributed by atoms with E-state index in [1.165, 1.54) is 0 Å². The van der Waals surface area contributed by atoms with Gasteiger partial charge in [-0.3, -0.25) is 9.78 Å². The summed E-state index contributed by atoms with van der Waals surface area (Å²) in [4.78, 5) is 18.7. The Labute approximate surface area is 218 Å². The maximum absolute atomic E-state index is 13.8. The molecule has 2 heterocycles. The van der Waals surface area contributed by atoms with Crippen LogP contribution >= 0.6 is 11.6 Å². The molecule has 4 rings (SSSR count). The van der Waals surface area contributed by atoms with Gasteiger partial charge in [-0.2, -0.15) is 0 Å². The van der Waals surface area contributed by atoms with Gasteiger partial charge in [0, 0.05) is 36.8 Å². The molecule has 2 aromatic carbocycles. The highest BCUT2D eigenvalue weighted by molar-refractivity contribution is 6.32. The molecule has 2 N–H and O–H groups in total. The fraction of sp³-hybridized carbons (Fsp3) is 0.407. The Hall–Kier alpha value is -3.04. The first-order chi connectivity index (χ1) is 17.7. The van der Waals surface area contributed by atoms with Crippen LogP contribution in [0.5, 0.6) is 5.75 Å². The summed E-state index contributed by atoms with van der Waals surface area (Å²) in [6, 6.07) is 7.02. The minimum absolute atomic E-state index is 0.227. The second-order valence-electron chi connectivity index (χ2n) is 9.42. The van der Waals surface area contributed by atoms with E-state index in [1.807, 2.05) is 18.2 Å². The molecule has 0 atom stereocenters. The van der Waals surface area contributed by atoms with Crippen LogP contribution in [-0.2, 0) is 11.2 Å². The van der Waals surface area contributed by atoms with Crippen LogP contribution in [0.4, 0.5) is 18.9 Å². The number of aryl methyl sites for hydroxylation is 1. The van der Waals surface area contributed by atoms with Crippen LogP contribution in [-0.4, -0.2) is 54.2 Å². The van der Waals surface area contributed by atoms with E-state index in [1.54, 1.807) is 13.3 Å². The smallest absolute Gasteiger partial charge is 0.309 e. The largest absolute Gasteiger partial charge is 0.497 e. The maximum atomic E-state index is 13.8. The number of likely N-dealkylation sites (tertiary alicyclic amines) is 1. The van der Waals surface area contributed by atoms with Gasteiger partial charge in [0.1, 0.15) is 11.6 Å². The van der Waals surface area contributed by atoms with E-state index in [4.69, 9.17) is 16.3 Å². The van der Waals surface area contributed by atoms with E-state index in [-0.39, 0.29) is 12.2 Å². The molecule has 37 heavy (non-hydrogen) atoms. The number of hydrogen-bond donors (Lipinski definition) is 2. The highest BCUT2D eigenvalue weighted by Crippen LogP contribution is 2.38. The molecule has 0 radical (unpaired) electrons. The number of hydrogen-bond acceptors (Lipinski definition) is 5. The summed E-state index contributed by atoms with van der Waals surface area (Å²) >= 11 is 6.46. The molecule has 1 fully saturated rings. The SMILES string of the molecule is COc1ccc2ncc(Cl)c(CCCC3(C(=O)O)CCN(CCNc4cc(F)cc(F)c4F)CC3)c2c1. The summed E-state index contributed by atoms with van der Waals surface area (Å²) in [7, 11) is 1.59. The first-order valence-electron chi connectivity index (χ1n) is 12.2. The molecular formula is C27H29ClF3N3O3. The van der Waals surface area contributed by atoms with Crippen molar-refractivity contribution < 1.29 is 27.8 Å². The number of benzene rings is 2. The molecule has 1 aromatic heterocycles. The molecule has 1 saturated heterocycles. The van der Waals surface area contributed by atoms with Gasteiger partial charge in [0.25, 0.3) is 0 Å². The number of nitrogens with one attached hydrogen (secondary N) is 1. The van der Waals surface area contributed by atoms with E-state index in [9.17, 15) is 23.1 Å². The Morgan fingerprint density at radius 3 is 2.68 bits per heavy atom. The Kier molecular flexibility index (Phi) is 8.44. The Balaban J connectivity index is 1.33. The number of aliphatic carboxylic acids is 1. The van der Waals surface area contributed by atoms with Crippen molar-refractivity contribution in [2.75, 3.05) is 38.6 Å². The van der Waals surface area contributed by atoms with E-state index >= 15 is 0 Å². The fourth-order valence-corrected chi connectivity index (χ4v) is 5.24. The Morgan fingerprint density at radius 2 is 1.97 bits per heavy atom. The number of carboxylic acids is 1. The zero-order valence-corrected chi connectivity index (χ0v) is 21.3. The number of carboxylic acid groups (broad SMARTS) is 1. The van der Waals surface area contributed by atoms with Gasteiger partial charge in [0.15, 0.2) is 11.6 Å². The van der Waals surface area contributed by atoms with E-state index in [0.29, 0.717) is 68.6 Å². The van der Waals surface area contributed by atoms with Crippen molar-refractivity contribution in [1.29, 1.82) is 0 Å². The summed E-state index contributed by atoms with van der Waals surface area (Å²) in [5, 5.41) is 14.2. The summed E-state index contributed by atoms with van der Waals surface area (Å²) in [5.74, 6) is -3.33. The normalized spacial score (nSPS) is 15.6. The van der Waals surface area contributed by atoms with Crippen LogP contribution in [0.25, 0.3) is 10.9 Å². The minimum atomic E-state index is -1.24. The number of nitrogens with zero attached hydrogens (tertiary/aromatic N) is 2. The number of anilines is 1. The second kappa shape index (κ2) is 11.6. The minimum Gasteiger partial charge on any atom is -0.497 e. The monoisotopic (exact) mass is 535 g/mol. The van der Waals surface area contributed by atoms with Crippen LogP contribution in [0.2, 0.25) is 5.02 Å². The molecule has 1 aliphatic heterocycles. The Morgan fingerprint density at radius 1 is 1.22 bits per heavy atom. The van der Waals surface area contributed by atoms with Crippen LogP contribution in [0, 0.1) is 22.9 Å². The van der Waals surface area contributed by atoms with E-state index in [0.717, 1.165) is 22.5 Å². The number of methoxy groups -OCH3 is 1. The standard InChI is InChI=1S/C27H29ClF3N3O3/c1-37-18-4-5-23-20(15-18)19(21(28)16-33-23)3-2-6-27(26(35)36)7-10-34(11-8-27)12-9-32-24-14-17(29)13-22(30)25(24)31/h4-5,13-16,32H,2-3,6-12H2,1H3,(H,35,36). The molecule has 0 spiro atoms. The van der Waals surface area contributed by atoms with Crippen molar-refractivity contribution in [3.8, 4) is 5.75 Å². The molecule has 1 aliphatic rings. The third-order valence-electron chi connectivity index (χ3n) is 7.22. The van der Waals surface area contributed by atoms with Gasteiger partial charge in [-0.1, -0.05) is 11.6 Å². The number of pyridine rings is 1. The van der Waals surface area contributed by atoms with E-state index in [2.05, 4.69) is 15.2 Å². The van der Waals surface area contributed by atoms with Crippen LogP contribution in [0.3, 0.4) is 0 Å². The summed E-state index contributed by atoms with van der Waals surface area (Å²) in [5.41, 5.74) is 0.662. The lowest BCUT2D eigenvalue weighted by Crippen LogP contribution is -2.45. The van der Waals surface area contributed by atoms with Gasteiger partial charge >= 0.3 is 5.97 Å². The molecule has 0 unspecified atom stereocenters. The first-order valence-corrected chi connectivity index (χ1v) is 12.6. The van der Waals surface area contributed by atoms with Gasteiger partial charge < -0.3 is 20.1 Å². The number of aromatic nitrogens is 1. The second-order valence-corrected chi connectivity index (χ2v) is 9.83. The lowest BCUT2D eigenvalue weighted by atomic mass is 9.74. The molecule has 0 bridgehead atoms. The molecule has 3 aromatic rings. The zero-order valence-electron chi connectivity index (χ0n) is 20.5. The molecule has 198 valence electrons. The highest BCUT2D eigenvalue weighted by atomic mass is 35.5. The predicted octanol–water partition coefficient (Wildman–Crippen LogP) is 5.92. The van der Waals surface area contributed by atoms with Crippen LogP contribution in [0.1, 0.15) is 31.2 Å². The Bertz CT molecular complexity index is 1280. The lowest BCUT2D eigenvalue weighted by molar-refractivity contribution is -0.152.